The average molecular weight is 232 g/mol. The predicted octanol–water partition coefficient (Wildman–Crippen LogP) is 2.02. The van der Waals surface area contributed by atoms with Gasteiger partial charge in [0.1, 0.15) is 12.2 Å². The van der Waals surface area contributed by atoms with E-state index in [0.717, 1.165) is 23.6 Å². The monoisotopic (exact) mass is 232 g/mol. The van der Waals surface area contributed by atoms with Gasteiger partial charge in [-0.2, -0.15) is 5.10 Å². The second-order valence-corrected chi connectivity index (χ2v) is 6.63. The number of nitrogens with zero attached hydrogens (tertiary/aromatic N) is 2. The van der Waals surface area contributed by atoms with Gasteiger partial charge in [0.2, 0.25) is 0 Å². The van der Waals surface area contributed by atoms with Crippen molar-refractivity contribution in [1.82, 2.24) is 15.2 Å². The van der Waals surface area contributed by atoms with Crippen LogP contribution < -0.4 is 5.73 Å². The molecule has 0 aromatic carbocycles. The smallest absolute Gasteiger partial charge is 0.141 e. The third-order valence-corrected chi connectivity index (χ3v) is 5.47. The van der Waals surface area contributed by atoms with Gasteiger partial charge in [-0.1, -0.05) is 0 Å². The van der Waals surface area contributed by atoms with Crippen LogP contribution in [0.5, 0.6) is 0 Å². The van der Waals surface area contributed by atoms with E-state index in [1.54, 1.807) is 6.33 Å². The van der Waals surface area contributed by atoms with E-state index < -0.39 is 0 Å². The summed E-state index contributed by atoms with van der Waals surface area (Å²) in [6.45, 7) is 0. The van der Waals surface area contributed by atoms with Gasteiger partial charge in [-0.15, -0.1) is 0 Å². The Morgan fingerprint density at radius 3 is 2.24 bits per heavy atom. The first-order valence-electron chi connectivity index (χ1n) is 6.86. The molecule has 5 rings (SSSR count). The van der Waals surface area contributed by atoms with Crippen LogP contribution in [0.4, 0.5) is 0 Å². The minimum Gasteiger partial charge on any atom is -0.321 e. The van der Waals surface area contributed by atoms with Crippen molar-refractivity contribution in [3.05, 3.63) is 12.2 Å². The SMILES string of the molecule is NC(c1ncn[nH]1)C12CC3CC(CC(C3)C1)C2. The van der Waals surface area contributed by atoms with Crippen LogP contribution in [0.15, 0.2) is 6.33 Å². The minimum absolute atomic E-state index is 0.0680. The highest BCUT2D eigenvalue weighted by Gasteiger charge is 2.54. The molecule has 0 aliphatic heterocycles. The van der Waals surface area contributed by atoms with Crippen molar-refractivity contribution in [3.8, 4) is 0 Å². The number of hydrogen-bond acceptors (Lipinski definition) is 3. The van der Waals surface area contributed by atoms with E-state index >= 15 is 0 Å². The molecule has 0 amide bonds. The fourth-order valence-electron chi connectivity index (χ4n) is 5.21. The van der Waals surface area contributed by atoms with Crippen molar-refractivity contribution in [2.45, 2.75) is 44.6 Å². The van der Waals surface area contributed by atoms with Gasteiger partial charge in [0.05, 0.1) is 6.04 Å². The Morgan fingerprint density at radius 1 is 1.18 bits per heavy atom. The summed E-state index contributed by atoms with van der Waals surface area (Å²) in [5.74, 6) is 3.72. The fraction of sp³-hybridized carbons (Fsp3) is 0.846. The highest BCUT2D eigenvalue weighted by atomic mass is 15.2. The molecule has 4 heteroatoms. The normalized spacial score (nSPS) is 45.1. The zero-order valence-electron chi connectivity index (χ0n) is 10.1. The van der Waals surface area contributed by atoms with Gasteiger partial charge in [0.25, 0.3) is 0 Å². The van der Waals surface area contributed by atoms with Crippen LogP contribution in [0.2, 0.25) is 0 Å². The maximum atomic E-state index is 6.50. The zero-order valence-corrected chi connectivity index (χ0v) is 10.1. The number of nitrogens with one attached hydrogen (secondary N) is 1. The van der Waals surface area contributed by atoms with Gasteiger partial charge < -0.3 is 5.73 Å². The first kappa shape index (κ1) is 10.1. The Morgan fingerprint density at radius 2 is 1.76 bits per heavy atom. The first-order chi connectivity index (χ1) is 8.25. The Kier molecular flexibility index (Phi) is 1.96. The van der Waals surface area contributed by atoms with Gasteiger partial charge in [-0.25, -0.2) is 4.98 Å². The van der Waals surface area contributed by atoms with Gasteiger partial charge in [0, 0.05) is 0 Å². The van der Waals surface area contributed by atoms with E-state index in [4.69, 9.17) is 5.73 Å². The Hall–Kier alpha value is -0.900. The molecule has 1 unspecified atom stereocenters. The second kappa shape index (κ2) is 3.31. The lowest BCUT2D eigenvalue weighted by molar-refractivity contribution is -0.0691. The van der Waals surface area contributed by atoms with Crippen molar-refractivity contribution >= 4 is 0 Å². The lowest BCUT2D eigenvalue weighted by atomic mass is 9.47. The summed E-state index contributed by atoms with van der Waals surface area (Å²) in [5, 5.41) is 6.93. The molecular weight excluding hydrogens is 212 g/mol. The summed E-state index contributed by atoms with van der Waals surface area (Å²) >= 11 is 0. The summed E-state index contributed by atoms with van der Waals surface area (Å²) in [6.07, 6.45) is 9.92. The molecule has 92 valence electrons. The standard InChI is InChI=1S/C13H20N4/c14-11(12-15-7-16-17-12)13-4-8-1-9(5-13)3-10(2-8)6-13/h7-11H,1-6,14H2,(H,15,16,17). The van der Waals surface area contributed by atoms with Crippen molar-refractivity contribution in [1.29, 1.82) is 0 Å². The van der Waals surface area contributed by atoms with Crippen molar-refractivity contribution in [2.24, 2.45) is 28.9 Å². The lowest BCUT2D eigenvalue weighted by Crippen LogP contribution is -2.51. The Balaban J connectivity index is 1.68. The molecule has 0 radical (unpaired) electrons. The van der Waals surface area contributed by atoms with Crippen molar-refractivity contribution < 1.29 is 0 Å². The summed E-state index contributed by atoms with van der Waals surface area (Å²) in [6, 6.07) is 0.0680. The molecule has 3 N–H and O–H groups in total. The maximum absolute atomic E-state index is 6.50. The summed E-state index contributed by atoms with van der Waals surface area (Å²) in [4.78, 5) is 4.28. The van der Waals surface area contributed by atoms with E-state index in [1.165, 1.54) is 38.5 Å². The van der Waals surface area contributed by atoms with E-state index in [2.05, 4.69) is 15.2 Å². The quantitative estimate of drug-likeness (QED) is 0.819. The van der Waals surface area contributed by atoms with Gasteiger partial charge >= 0.3 is 0 Å². The third-order valence-electron chi connectivity index (χ3n) is 5.47. The van der Waals surface area contributed by atoms with Crippen molar-refractivity contribution in [3.63, 3.8) is 0 Å². The van der Waals surface area contributed by atoms with Gasteiger partial charge in [0.15, 0.2) is 0 Å². The topological polar surface area (TPSA) is 67.6 Å². The van der Waals surface area contributed by atoms with E-state index in [1.807, 2.05) is 0 Å². The number of rotatable bonds is 2. The molecule has 1 heterocycles. The molecule has 4 fully saturated rings. The second-order valence-electron chi connectivity index (χ2n) is 6.63. The molecule has 4 bridgehead atoms. The molecule has 4 aliphatic rings. The summed E-state index contributed by atoms with van der Waals surface area (Å²) in [7, 11) is 0. The lowest BCUT2D eigenvalue weighted by Gasteiger charge is -2.58. The largest absolute Gasteiger partial charge is 0.321 e. The molecular formula is C13H20N4. The highest BCUT2D eigenvalue weighted by molar-refractivity contribution is 5.09. The van der Waals surface area contributed by atoms with Crippen LogP contribution in [0, 0.1) is 23.2 Å². The summed E-state index contributed by atoms with van der Waals surface area (Å²) < 4.78 is 0. The molecule has 0 spiro atoms. The van der Waals surface area contributed by atoms with Crippen LogP contribution in [0.3, 0.4) is 0 Å². The average Bonchev–Trinajstić information content (AvgIpc) is 2.79. The number of aromatic nitrogens is 3. The summed E-state index contributed by atoms with van der Waals surface area (Å²) in [5.41, 5.74) is 6.83. The molecule has 4 aliphatic carbocycles. The van der Waals surface area contributed by atoms with Crippen LogP contribution in [-0.2, 0) is 0 Å². The predicted molar refractivity (Wildman–Crippen MR) is 63.9 cm³/mol. The Bertz CT molecular complexity index is 376. The van der Waals surface area contributed by atoms with E-state index in [0.29, 0.717) is 5.41 Å². The number of aromatic amines is 1. The third kappa shape index (κ3) is 1.39. The first-order valence-corrected chi connectivity index (χ1v) is 6.86. The molecule has 1 aromatic heterocycles. The Labute approximate surface area is 101 Å². The van der Waals surface area contributed by atoms with Crippen LogP contribution in [0.25, 0.3) is 0 Å². The van der Waals surface area contributed by atoms with Crippen LogP contribution in [-0.4, -0.2) is 15.2 Å². The van der Waals surface area contributed by atoms with E-state index in [9.17, 15) is 0 Å². The van der Waals surface area contributed by atoms with Gasteiger partial charge in [-0.3, -0.25) is 5.10 Å². The number of H-pyrrole nitrogens is 1. The zero-order chi connectivity index (χ0) is 11.5. The molecule has 4 saturated carbocycles. The maximum Gasteiger partial charge on any atom is 0.141 e. The number of nitrogens with two attached hydrogens (primary N) is 1. The van der Waals surface area contributed by atoms with E-state index in [-0.39, 0.29) is 6.04 Å². The van der Waals surface area contributed by atoms with Crippen LogP contribution in [0.1, 0.15) is 50.4 Å². The molecule has 0 saturated heterocycles. The number of hydrogen-bond donors (Lipinski definition) is 2. The minimum atomic E-state index is 0.0680. The molecule has 4 nitrogen and oxygen atoms in total. The van der Waals surface area contributed by atoms with Crippen molar-refractivity contribution in [2.75, 3.05) is 0 Å². The highest BCUT2D eigenvalue weighted by Crippen LogP contribution is 2.63. The molecule has 17 heavy (non-hydrogen) atoms. The fourth-order valence-corrected chi connectivity index (χ4v) is 5.21. The molecule has 1 atom stereocenters. The molecule has 1 aromatic rings. The van der Waals surface area contributed by atoms with Crippen LogP contribution >= 0.6 is 0 Å². The van der Waals surface area contributed by atoms with Gasteiger partial charge in [-0.05, 0) is 61.7 Å².